The first-order chi connectivity index (χ1) is 26.4. The van der Waals surface area contributed by atoms with E-state index in [1.165, 1.54) is 68.3 Å². The number of piperidine rings is 1. The molecule has 0 radical (unpaired) electrons. The predicted molar refractivity (Wildman–Crippen MR) is 251 cm³/mol. The number of benzene rings is 5. The van der Waals surface area contributed by atoms with Crippen LogP contribution < -0.4 is 26.5 Å². The van der Waals surface area contributed by atoms with Crippen LogP contribution in [-0.4, -0.2) is 60.7 Å². The van der Waals surface area contributed by atoms with Gasteiger partial charge >= 0.3 is 337 Å². The van der Waals surface area contributed by atoms with Gasteiger partial charge in [-0.1, -0.05) is 0 Å². The topological polar surface area (TPSA) is 12.0 Å². The molecule has 0 spiro atoms. The van der Waals surface area contributed by atoms with Crippen molar-refractivity contribution in [3.05, 3.63) is 163 Å². The van der Waals surface area contributed by atoms with Crippen LogP contribution in [0.4, 0.5) is 0 Å². The Balaban J connectivity index is 1.32. The van der Waals surface area contributed by atoms with Gasteiger partial charge in [-0.25, -0.2) is 0 Å². The summed E-state index contributed by atoms with van der Waals surface area (Å²) < 4.78 is 1.11. The molecule has 1 saturated heterocycles. The quantitative estimate of drug-likeness (QED) is 0.0564. The fraction of sp³-hybridized carbons (Fsp3) is 0.373. The van der Waals surface area contributed by atoms with Gasteiger partial charge in [0, 0.05) is 0 Å². The summed E-state index contributed by atoms with van der Waals surface area (Å²) in [5.41, 5.74) is 2.94. The number of quaternary nitrogens is 1. The molecule has 6 rings (SSSR count). The molecule has 0 atom stereocenters. The van der Waals surface area contributed by atoms with Crippen LogP contribution in [-0.2, 0) is 6.16 Å². The summed E-state index contributed by atoms with van der Waals surface area (Å²) in [6.07, 6.45) is 13.0. The third-order valence-corrected chi connectivity index (χ3v) is 23.4. The number of nitrogens with one attached hydrogen (secondary N) is 1. The molecular weight excluding hydrogens is 703 g/mol. The number of hydrogen-bond donors (Lipinski definition) is 1. The van der Waals surface area contributed by atoms with Gasteiger partial charge < -0.3 is 0 Å². The molecule has 1 aliphatic rings. The average molecular weight is 772 g/mol. The van der Waals surface area contributed by atoms with E-state index in [2.05, 4.69) is 199 Å². The normalized spacial score (nSPS) is 16.7. The van der Waals surface area contributed by atoms with Gasteiger partial charge in [0.25, 0.3) is 0 Å². The molecular formula is C51H69N2P2+. The van der Waals surface area contributed by atoms with E-state index in [9.17, 15) is 0 Å². The van der Waals surface area contributed by atoms with Crippen molar-refractivity contribution in [2.24, 2.45) is 0 Å². The van der Waals surface area contributed by atoms with E-state index >= 15 is 0 Å². The van der Waals surface area contributed by atoms with Crippen molar-refractivity contribution in [2.75, 3.05) is 39.1 Å². The van der Waals surface area contributed by atoms with Gasteiger partial charge in [0.15, 0.2) is 0 Å². The van der Waals surface area contributed by atoms with E-state index in [1.54, 1.807) is 21.2 Å². The standard InChI is InChI=1S/C51H69N2P2/c1-8-43-32-34-44(35-33-43)42-55(48-28-17-11-18-29-48,49-30-19-12-20-31-49)39-23-38-54(46-24-13-9-14-25-46,47-26-15-10-16-27-47)37-22-21-36-53(6,7)45-40-50(2,3)52-51(4,5)41-45/h8-20,24-35,45,52,54-55H,1,21-23,36-42H2,2-7H3/q+1. The fourth-order valence-electron chi connectivity index (χ4n) is 10.3. The third kappa shape index (κ3) is 10.1. The van der Waals surface area contributed by atoms with Crippen molar-refractivity contribution in [1.82, 2.24) is 5.32 Å². The molecule has 0 saturated carbocycles. The van der Waals surface area contributed by atoms with Gasteiger partial charge in [0.1, 0.15) is 0 Å². The number of hydrogen-bond acceptors (Lipinski definition) is 1. The molecule has 55 heavy (non-hydrogen) atoms. The van der Waals surface area contributed by atoms with Crippen molar-refractivity contribution >= 4 is 41.8 Å². The summed E-state index contributed by atoms with van der Waals surface area (Å²) in [5, 5.41) is 10.2. The molecule has 2 nitrogen and oxygen atoms in total. The molecule has 1 fully saturated rings. The summed E-state index contributed by atoms with van der Waals surface area (Å²) in [7, 11) is 0.630. The van der Waals surface area contributed by atoms with Crippen LogP contribution >= 0.6 is 14.5 Å². The number of unbranched alkanes of at least 4 members (excludes halogenated alkanes) is 1. The monoisotopic (exact) mass is 771 g/mol. The Morgan fingerprint density at radius 3 is 1.40 bits per heavy atom. The Bertz CT molecular complexity index is 1820. The van der Waals surface area contributed by atoms with Gasteiger partial charge in [-0.15, -0.1) is 0 Å². The first-order valence-electron chi connectivity index (χ1n) is 20.9. The summed E-state index contributed by atoms with van der Waals surface area (Å²) in [4.78, 5) is 0. The Hall–Kier alpha value is -3.38. The average Bonchev–Trinajstić information content (AvgIpc) is 3.19. The molecule has 0 unspecified atom stereocenters. The molecule has 1 aliphatic heterocycles. The Morgan fingerprint density at radius 1 is 0.564 bits per heavy atom. The van der Waals surface area contributed by atoms with Gasteiger partial charge in [-0.05, 0) is 0 Å². The first kappa shape index (κ1) is 41.3. The van der Waals surface area contributed by atoms with Crippen LogP contribution in [0, 0.1) is 0 Å². The van der Waals surface area contributed by atoms with E-state index < -0.39 is 14.5 Å². The molecule has 0 amide bonds. The van der Waals surface area contributed by atoms with Crippen LogP contribution in [0.3, 0.4) is 0 Å². The molecule has 0 bridgehead atoms. The van der Waals surface area contributed by atoms with Crippen molar-refractivity contribution in [1.29, 1.82) is 0 Å². The van der Waals surface area contributed by atoms with E-state index in [0.717, 1.165) is 10.6 Å². The minimum absolute atomic E-state index is 0.164. The third-order valence-electron chi connectivity index (χ3n) is 13.0. The summed E-state index contributed by atoms with van der Waals surface area (Å²) >= 11 is 0. The van der Waals surface area contributed by atoms with Crippen molar-refractivity contribution in [2.45, 2.75) is 83.1 Å². The van der Waals surface area contributed by atoms with Crippen LogP contribution in [0.5, 0.6) is 0 Å². The first-order valence-corrected chi connectivity index (χ1v) is 25.7. The predicted octanol–water partition coefficient (Wildman–Crippen LogP) is 10.2. The zero-order chi connectivity index (χ0) is 39.0. The fourth-order valence-corrected chi connectivity index (χ4v) is 20.6. The maximum atomic E-state index is 4.02. The zero-order valence-electron chi connectivity index (χ0n) is 34.7. The van der Waals surface area contributed by atoms with Crippen molar-refractivity contribution in [3.63, 3.8) is 0 Å². The summed E-state index contributed by atoms with van der Waals surface area (Å²) in [6.45, 7) is 14.8. The van der Waals surface area contributed by atoms with Gasteiger partial charge in [-0.3, -0.25) is 0 Å². The second-order valence-corrected chi connectivity index (χ2v) is 27.0. The van der Waals surface area contributed by atoms with Crippen LogP contribution in [0.1, 0.15) is 70.9 Å². The molecule has 1 N–H and O–H groups in total. The summed E-state index contributed by atoms with van der Waals surface area (Å²) in [5.74, 6) is 0. The van der Waals surface area contributed by atoms with E-state index in [1.807, 2.05) is 6.08 Å². The molecule has 292 valence electrons. The van der Waals surface area contributed by atoms with Crippen LogP contribution in [0.15, 0.2) is 152 Å². The van der Waals surface area contributed by atoms with Crippen molar-refractivity contribution in [3.8, 4) is 0 Å². The van der Waals surface area contributed by atoms with Crippen LogP contribution in [0.25, 0.3) is 6.08 Å². The molecule has 5 aromatic rings. The van der Waals surface area contributed by atoms with E-state index in [0.29, 0.717) is 6.04 Å². The number of rotatable bonds is 17. The second kappa shape index (κ2) is 17.8. The summed E-state index contributed by atoms with van der Waals surface area (Å²) in [6, 6.07) is 56.5. The maximum absolute atomic E-state index is 4.02. The Kier molecular flexibility index (Phi) is 13.4. The minimum atomic E-state index is -2.24. The molecule has 1 heterocycles. The zero-order valence-corrected chi connectivity index (χ0v) is 36.7. The molecule has 4 heteroatoms. The van der Waals surface area contributed by atoms with Crippen LogP contribution in [0.2, 0.25) is 0 Å². The Labute approximate surface area is 335 Å². The Morgan fingerprint density at radius 2 is 0.964 bits per heavy atom. The molecule has 5 aromatic carbocycles. The van der Waals surface area contributed by atoms with E-state index in [4.69, 9.17) is 0 Å². The van der Waals surface area contributed by atoms with Crippen molar-refractivity contribution < 1.29 is 4.48 Å². The number of nitrogens with zero attached hydrogens (tertiary/aromatic N) is 1. The molecule has 0 aromatic heterocycles. The second-order valence-electron chi connectivity index (χ2n) is 18.5. The van der Waals surface area contributed by atoms with Gasteiger partial charge in [0.2, 0.25) is 0 Å². The van der Waals surface area contributed by atoms with E-state index in [-0.39, 0.29) is 11.1 Å². The molecule has 0 aliphatic carbocycles. The van der Waals surface area contributed by atoms with Gasteiger partial charge in [0.05, 0.1) is 0 Å². The van der Waals surface area contributed by atoms with Gasteiger partial charge in [-0.2, -0.15) is 0 Å². The SMILES string of the molecule is C=Cc1ccc(C[PH](CCC[PH](CCCC[N+](C)(C)C2CC(C)(C)NC(C)(C)C2)(c2ccccc2)c2ccccc2)(c2ccccc2)c2ccccc2)cc1.